The van der Waals surface area contributed by atoms with Gasteiger partial charge in [-0.15, -0.1) is 5.10 Å². The summed E-state index contributed by atoms with van der Waals surface area (Å²) in [5.41, 5.74) is 1.63. The maximum Gasteiger partial charge on any atom is 0.391 e. The van der Waals surface area contributed by atoms with Crippen LogP contribution in [0, 0.1) is 6.92 Å². The summed E-state index contributed by atoms with van der Waals surface area (Å²) >= 11 is 0. The minimum absolute atomic E-state index is 0.206. The zero-order chi connectivity index (χ0) is 13.3. The number of aromatic nitrogens is 3. The second-order valence-corrected chi connectivity index (χ2v) is 4.31. The van der Waals surface area contributed by atoms with Crippen LogP contribution in [0.15, 0.2) is 18.3 Å². The number of rotatable bonds is 3. The molecule has 7 heteroatoms. The molecular formula is C11H13F3N4. The fourth-order valence-electron chi connectivity index (χ4n) is 1.66. The molecule has 2 rings (SSSR count). The minimum atomic E-state index is -4.19. The van der Waals surface area contributed by atoms with Crippen molar-refractivity contribution in [1.29, 1.82) is 0 Å². The van der Waals surface area contributed by atoms with Gasteiger partial charge < -0.3 is 5.32 Å². The normalized spacial score (nSPS) is 13.8. The van der Waals surface area contributed by atoms with Crippen molar-refractivity contribution in [1.82, 2.24) is 14.6 Å². The van der Waals surface area contributed by atoms with E-state index in [9.17, 15) is 13.2 Å². The lowest BCUT2D eigenvalue weighted by Crippen LogP contribution is -2.24. The Balaban J connectivity index is 2.12. The standard InChI is InChI=1S/C11H13F3N4/c1-7-3-4-18-9(5-7)16-10(17-18)15-8(2)6-11(12,13)14/h3-5,8H,6H2,1-2H3,(H,15,17). The molecule has 0 bridgehead atoms. The molecule has 2 heterocycles. The fourth-order valence-corrected chi connectivity index (χ4v) is 1.66. The molecule has 98 valence electrons. The third-order valence-corrected chi connectivity index (χ3v) is 2.41. The van der Waals surface area contributed by atoms with Crippen LogP contribution >= 0.6 is 0 Å². The van der Waals surface area contributed by atoms with Gasteiger partial charge in [-0.3, -0.25) is 0 Å². The lowest BCUT2D eigenvalue weighted by atomic mass is 10.2. The highest BCUT2D eigenvalue weighted by atomic mass is 19.4. The van der Waals surface area contributed by atoms with Gasteiger partial charge >= 0.3 is 6.18 Å². The van der Waals surface area contributed by atoms with Gasteiger partial charge in [0.2, 0.25) is 5.95 Å². The zero-order valence-corrected chi connectivity index (χ0v) is 9.99. The number of fused-ring (bicyclic) bond motifs is 1. The Bertz CT molecular complexity index is 547. The molecule has 1 unspecified atom stereocenters. The molecule has 0 spiro atoms. The van der Waals surface area contributed by atoms with E-state index in [0.717, 1.165) is 5.56 Å². The van der Waals surface area contributed by atoms with Crippen molar-refractivity contribution >= 4 is 11.6 Å². The van der Waals surface area contributed by atoms with Crippen LogP contribution in [0.4, 0.5) is 19.1 Å². The van der Waals surface area contributed by atoms with Crippen molar-refractivity contribution < 1.29 is 13.2 Å². The van der Waals surface area contributed by atoms with Gasteiger partial charge in [0, 0.05) is 12.2 Å². The molecule has 0 aliphatic carbocycles. The topological polar surface area (TPSA) is 42.2 Å². The predicted molar refractivity (Wildman–Crippen MR) is 61.5 cm³/mol. The number of aryl methyl sites for hydroxylation is 1. The Morgan fingerprint density at radius 3 is 2.83 bits per heavy atom. The Labute approximate surface area is 102 Å². The molecule has 2 aromatic heterocycles. The summed E-state index contributed by atoms with van der Waals surface area (Å²) < 4.78 is 38.1. The van der Waals surface area contributed by atoms with Crippen LogP contribution in [0.25, 0.3) is 5.65 Å². The smallest absolute Gasteiger partial charge is 0.350 e. The van der Waals surface area contributed by atoms with E-state index in [-0.39, 0.29) is 5.95 Å². The summed E-state index contributed by atoms with van der Waals surface area (Å²) in [4.78, 5) is 4.12. The molecule has 0 aromatic carbocycles. The summed E-state index contributed by atoms with van der Waals surface area (Å²) in [7, 11) is 0. The third kappa shape index (κ3) is 3.12. The minimum Gasteiger partial charge on any atom is -0.350 e. The van der Waals surface area contributed by atoms with Gasteiger partial charge in [0.15, 0.2) is 5.65 Å². The first-order valence-corrected chi connectivity index (χ1v) is 5.50. The van der Waals surface area contributed by atoms with Gasteiger partial charge in [-0.1, -0.05) is 0 Å². The van der Waals surface area contributed by atoms with Crippen molar-refractivity contribution in [3.63, 3.8) is 0 Å². The molecular weight excluding hydrogens is 245 g/mol. The Hall–Kier alpha value is -1.79. The van der Waals surface area contributed by atoms with Crippen LogP contribution in [0.2, 0.25) is 0 Å². The highest BCUT2D eigenvalue weighted by molar-refractivity contribution is 5.45. The quantitative estimate of drug-likeness (QED) is 0.920. The maximum absolute atomic E-state index is 12.2. The number of pyridine rings is 1. The van der Waals surface area contributed by atoms with Crippen LogP contribution in [0.3, 0.4) is 0 Å². The van der Waals surface area contributed by atoms with Gasteiger partial charge in [-0.25, -0.2) is 4.52 Å². The number of anilines is 1. The number of nitrogens with one attached hydrogen (secondary N) is 1. The number of alkyl halides is 3. The van der Waals surface area contributed by atoms with E-state index < -0.39 is 18.6 Å². The monoisotopic (exact) mass is 258 g/mol. The van der Waals surface area contributed by atoms with E-state index in [1.807, 2.05) is 19.1 Å². The summed E-state index contributed by atoms with van der Waals surface area (Å²) in [6, 6.07) is 2.90. The van der Waals surface area contributed by atoms with E-state index in [2.05, 4.69) is 15.4 Å². The molecule has 18 heavy (non-hydrogen) atoms. The number of hydrogen-bond acceptors (Lipinski definition) is 3. The van der Waals surface area contributed by atoms with E-state index in [4.69, 9.17) is 0 Å². The van der Waals surface area contributed by atoms with Crippen molar-refractivity contribution in [2.24, 2.45) is 0 Å². The van der Waals surface area contributed by atoms with Crippen molar-refractivity contribution in [3.05, 3.63) is 23.9 Å². The second-order valence-electron chi connectivity index (χ2n) is 4.31. The van der Waals surface area contributed by atoms with Gasteiger partial charge in [-0.2, -0.15) is 18.2 Å². The van der Waals surface area contributed by atoms with E-state index in [1.165, 1.54) is 11.4 Å². The molecule has 1 N–H and O–H groups in total. The van der Waals surface area contributed by atoms with Crippen LogP contribution in [-0.2, 0) is 0 Å². The summed E-state index contributed by atoms with van der Waals surface area (Å²) in [6.45, 7) is 3.36. The Kier molecular flexibility index (Phi) is 3.14. The highest BCUT2D eigenvalue weighted by Crippen LogP contribution is 2.22. The van der Waals surface area contributed by atoms with Gasteiger partial charge in [0.25, 0.3) is 0 Å². The van der Waals surface area contributed by atoms with E-state index in [1.54, 1.807) is 6.20 Å². The van der Waals surface area contributed by atoms with Crippen LogP contribution < -0.4 is 5.32 Å². The number of nitrogens with zero attached hydrogens (tertiary/aromatic N) is 3. The van der Waals surface area contributed by atoms with Gasteiger partial charge in [0.05, 0.1) is 6.42 Å². The largest absolute Gasteiger partial charge is 0.391 e. The fraction of sp³-hybridized carbons (Fsp3) is 0.455. The lowest BCUT2D eigenvalue weighted by molar-refractivity contribution is -0.136. The van der Waals surface area contributed by atoms with Crippen LogP contribution in [-0.4, -0.2) is 26.8 Å². The second kappa shape index (κ2) is 4.47. The molecule has 0 saturated carbocycles. The highest BCUT2D eigenvalue weighted by Gasteiger charge is 2.30. The van der Waals surface area contributed by atoms with Crippen LogP contribution in [0.5, 0.6) is 0 Å². The Morgan fingerprint density at radius 1 is 1.44 bits per heavy atom. The maximum atomic E-state index is 12.2. The van der Waals surface area contributed by atoms with E-state index in [0.29, 0.717) is 5.65 Å². The summed E-state index contributed by atoms with van der Waals surface area (Å²) in [6.07, 6.45) is -3.39. The predicted octanol–water partition coefficient (Wildman–Crippen LogP) is 2.79. The van der Waals surface area contributed by atoms with Gasteiger partial charge in [0.1, 0.15) is 0 Å². The molecule has 0 radical (unpaired) electrons. The molecule has 0 saturated heterocycles. The van der Waals surface area contributed by atoms with E-state index >= 15 is 0 Å². The zero-order valence-electron chi connectivity index (χ0n) is 9.99. The van der Waals surface area contributed by atoms with Crippen molar-refractivity contribution in [2.45, 2.75) is 32.5 Å². The average molecular weight is 258 g/mol. The lowest BCUT2D eigenvalue weighted by Gasteiger charge is -2.13. The number of halogens is 3. The molecule has 4 nitrogen and oxygen atoms in total. The number of hydrogen-bond donors (Lipinski definition) is 1. The van der Waals surface area contributed by atoms with Crippen LogP contribution in [0.1, 0.15) is 18.9 Å². The SMILES string of the molecule is Cc1ccn2nc(NC(C)CC(F)(F)F)nc2c1. The molecule has 0 fully saturated rings. The molecule has 1 atom stereocenters. The van der Waals surface area contributed by atoms with Gasteiger partial charge in [-0.05, 0) is 31.5 Å². The first-order chi connectivity index (χ1) is 8.33. The van der Waals surface area contributed by atoms with Crippen molar-refractivity contribution in [2.75, 3.05) is 5.32 Å². The molecule has 0 amide bonds. The Morgan fingerprint density at radius 2 is 2.17 bits per heavy atom. The first kappa shape index (κ1) is 12.7. The molecule has 2 aromatic rings. The molecule has 0 aliphatic heterocycles. The average Bonchev–Trinajstić information content (AvgIpc) is 2.55. The summed E-state index contributed by atoms with van der Waals surface area (Å²) in [5.74, 6) is 0.206. The molecule has 0 aliphatic rings. The first-order valence-electron chi connectivity index (χ1n) is 5.50. The summed E-state index contributed by atoms with van der Waals surface area (Å²) in [5, 5.41) is 6.70. The van der Waals surface area contributed by atoms with Crippen molar-refractivity contribution in [3.8, 4) is 0 Å². The third-order valence-electron chi connectivity index (χ3n) is 2.41.